The van der Waals surface area contributed by atoms with Crippen LogP contribution in [0.4, 0.5) is 4.39 Å². The molecule has 5 heteroatoms. The summed E-state index contributed by atoms with van der Waals surface area (Å²) in [6, 6.07) is 11.3. The first kappa shape index (κ1) is 14.3. The molecule has 0 saturated carbocycles. The van der Waals surface area contributed by atoms with Crippen LogP contribution >= 0.6 is 0 Å². The monoisotopic (exact) mass is 298 g/mol. The number of para-hydroxylation sites is 1. The first-order valence-corrected chi connectivity index (χ1v) is 7.10. The number of halogens is 1. The third-order valence-corrected chi connectivity index (χ3v) is 3.23. The minimum atomic E-state index is -0.431. The van der Waals surface area contributed by atoms with E-state index >= 15 is 0 Å². The summed E-state index contributed by atoms with van der Waals surface area (Å²) in [5.74, 6) is 0.316. The lowest BCUT2D eigenvalue weighted by Gasteiger charge is -2.08. The van der Waals surface area contributed by atoms with Gasteiger partial charge in [-0.1, -0.05) is 19.1 Å². The molecule has 0 radical (unpaired) electrons. The van der Waals surface area contributed by atoms with Gasteiger partial charge in [0.05, 0.1) is 17.5 Å². The van der Waals surface area contributed by atoms with Crippen molar-refractivity contribution in [3.63, 3.8) is 0 Å². The fourth-order valence-electron chi connectivity index (χ4n) is 2.23. The van der Waals surface area contributed by atoms with E-state index in [1.54, 1.807) is 30.3 Å². The number of nitrogens with one attached hydrogen (secondary N) is 1. The van der Waals surface area contributed by atoms with Crippen molar-refractivity contribution in [2.75, 3.05) is 6.61 Å². The van der Waals surface area contributed by atoms with Crippen LogP contribution in [-0.4, -0.2) is 16.6 Å². The topological polar surface area (TPSA) is 55.0 Å². The Morgan fingerprint density at radius 2 is 2.05 bits per heavy atom. The lowest BCUT2D eigenvalue weighted by atomic mass is 10.1. The van der Waals surface area contributed by atoms with E-state index in [9.17, 15) is 9.18 Å². The van der Waals surface area contributed by atoms with Gasteiger partial charge in [-0.2, -0.15) is 0 Å². The van der Waals surface area contributed by atoms with Crippen molar-refractivity contribution in [1.82, 2.24) is 9.97 Å². The second-order valence-corrected chi connectivity index (χ2v) is 4.96. The maximum Gasteiger partial charge on any atom is 0.259 e. The van der Waals surface area contributed by atoms with Crippen LogP contribution in [0.3, 0.4) is 0 Å². The van der Waals surface area contributed by atoms with Crippen LogP contribution in [0, 0.1) is 5.82 Å². The average Bonchev–Trinajstić information content (AvgIpc) is 2.52. The third-order valence-electron chi connectivity index (χ3n) is 3.23. The summed E-state index contributed by atoms with van der Waals surface area (Å²) in [5.41, 5.74) is 0.802. The number of nitrogens with zero attached hydrogens (tertiary/aromatic N) is 1. The summed E-state index contributed by atoms with van der Waals surface area (Å²) in [5, 5.41) is 0.505. The molecule has 2 aromatic carbocycles. The molecule has 1 N–H and O–H groups in total. The van der Waals surface area contributed by atoms with E-state index in [0.29, 0.717) is 34.6 Å². The van der Waals surface area contributed by atoms with Gasteiger partial charge in [0.25, 0.3) is 5.56 Å². The van der Waals surface area contributed by atoms with Gasteiger partial charge in [0, 0.05) is 11.6 Å². The van der Waals surface area contributed by atoms with Gasteiger partial charge in [0.15, 0.2) is 0 Å². The smallest absolute Gasteiger partial charge is 0.259 e. The number of fused-ring (bicyclic) bond motifs is 1. The quantitative estimate of drug-likeness (QED) is 0.802. The van der Waals surface area contributed by atoms with Crippen molar-refractivity contribution in [1.29, 1.82) is 0 Å². The summed E-state index contributed by atoms with van der Waals surface area (Å²) >= 11 is 0. The lowest BCUT2D eigenvalue weighted by Crippen LogP contribution is -2.09. The second-order valence-electron chi connectivity index (χ2n) is 4.96. The Kier molecular flexibility index (Phi) is 3.87. The molecule has 22 heavy (non-hydrogen) atoms. The van der Waals surface area contributed by atoms with Crippen LogP contribution in [0.15, 0.2) is 47.3 Å². The predicted octanol–water partition coefficient (Wildman–Crippen LogP) is 3.52. The van der Waals surface area contributed by atoms with Gasteiger partial charge in [0.2, 0.25) is 0 Å². The molecule has 0 spiro atoms. The summed E-state index contributed by atoms with van der Waals surface area (Å²) in [7, 11) is 0. The molecule has 0 amide bonds. The van der Waals surface area contributed by atoms with Gasteiger partial charge in [-0.15, -0.1) is 0 Å². The number of H-pyrrole nitrogens is 1. The normalized spacial score (nSPS) is 10.8. The molecule has 0 fully saturated rings. The van der Waals surface area contributed by atoms with Crippen molar-refractivity contribution >= 4 is 10.9 Å². The first-order valence-electron chi connectivity index (χ1n) is 7.10. The van der Waals surface area contributed by atoms with Crippen LogP contribution in [0.25, 0.3) is 22.3 Å². The molecule has 0 atom stereocenters. The van der Waals surface area contributed by atoms with Crippen molar-refractivity contribution in [3.05, 3.63) is 58.6 Å². The van der Waals surface area contributed by atoms with E-state index < -0.39 is 5.82 Å². The average molecular weight is 298 g/mol. The second kappa shape index (κ2) is 5.97. The molecule has 112 valence electrons. The van der Waals surface area contributed by atoms with E-state index in [2.05, 4.69) is 9.97 Å². The standard InChI is InChI=1S/C17H15FN2O2/c1-2-7-22-13-9-11(8-12(18)10-13)16-19-15-6-4-3-5-14(15)17(21)20-16/h3-6,8-10H,2,7H2,1H3,(H,19,20,21). The molecule has 3 aromatic rings. The third kappa shape index (κ3) is 2.83. The fraction of sp³-hybridized carbons (Fsp3) is 0.176. The zero-order valence-corrected chi connectivity index (χ0v) is 12.1. The largest absolute Gasteiger partial charge is 0.493 e. The Morgan fingerprint density at radius 1 is 1.23 bits per heavy atom. The number of aromatic nitrogens is 2. The van der Waals surface area contributed by atoms with E-state index in [1.165, 1.54) is 12.1 Å². The SMILES string of the molecule is CCCOc1cc(F)cc(-c2nc3ccccc3c(=O)[nH]2)c1. The Balaban J connectivity index is 2.10. The van der Waals surface area contributed by atoms with Gasteiger partial charge in [-0.05, 0) is 30.7 Å². The molecule has 0 aliphatic rings. The summed E-state index contributed by atoms with van der Waals surface area (Å²) in [6.07, 6.45) is 0.830. The maximum absolute atomic E-state index is 13.8. The zero-order chi connectivity index (χ0) is 15.5. The Labute approximate surface area is 126 Å². The Bertz CT molecular complexity index is 874. The minimum Gasteiger partial charge on any atom is -0.493 e. The lowest BCUT2D eigenvalue weighted by molar-refractivity contribution is 0.316. The number of hydrogen-bond acceptors (Lipinski definition) is 3. The van der Waals surface area contributed by atoms with Gasteiger partial charge < -0.3 is 9.72 Å². The van der Waals surface area contributed by atoms with Crippen LogP contribution in [0.2, 0.25) is 0 Å². The van der Waals surface area contributed by atoms with Crippen LogP contribution < -0.4 is 10.3 Å². The number of rotatable bonds is 4. The molecular weight excluding hydrogens is 283 g/mol. The van der Waals surface area contributed by atoms with Gasteiger partial charge in [-0.3, -0.25) is 4.79 Å². The molecule has 3 rings (SSSR count). The first-order chi connectivity index (χ1) is 10.7. The minimum absolute atomic E-state index is 0.249. The molecule has 1 aromatic heterocycles. The predicted molar refractivity (Wildman–Crippen MR) is 83.5 cm³/mol. The van der Waals surface area contributed by atoms with E-state index in [1.807, 2.05) is 6.92 Å². The highest BCUT2D eigenvalue weighted by Crippen LogP contribution is 2.23. The van der Waals surface area contributed by atoms with Crippen LogP contribution in [0.5, 0.6) is 5.75 Å². The van der Waals surface area contributed by atoms with E-state index in [-0.39, 0.29) is 5.56 Å². The van der Waals surface area contributed by atoms with E-state index in [0.717, 1.165) is 6.42 Å². The summed E-state index contributed by atoms with van der Waals surface area (Å²) in [6.45, 7) is 2.48. The van der Waals surface area contributed by atoms with Crippen molar-refractivity contribution < 1.29 is 9.13 Å². The maximum atomic E-state index is 13.8. The Morgan fingerprint density at radius 3 is 2.86 bits per heavy atom. The number of benzene rings is 2. The summed E-state index contributed by atoms with van der Waals surface area (Å²) in [4.78, 5) is 19.2. The zero-order valence-electron chi connectivity index (χ0n) is 12.1. The molecule has 1 heterocycles. The highest BCUT2D eigenvalue weighted by molar-refractivity contribution is 5.79. The highest BCUT2D eigenvalue weighted by atomic mass is 19.1. The van der Waals surface area contributed by atoms with Gasteiger partial charge >= 0.3 is 0 Å². The molecule has 0 bridgehead atoms. The van der Waals surface area contributed by atoms with Gasteiger partial charge in [-0.25, -0.2) is 9.37 Å². The van der Waals surface area contributed by atoms with E-state index in [4.69, 9.17) is 4.74 Å². The van der Waals surface area contributed by atoms with Crippen LogP contribution in [0.1, 0.15) is 13.3 Å². The number of ether oxygens (including phenoxy) is 1. The molecule has 0 saturated heterocycles. The molecule has 0 aliphatic carbocycles. The number of hydrogen-bond donors (Lipinski definition) is 1. The van der Waals surface area contributed by atoms with Gasteiger partial charge in [0.1, 0.15) is 17.4 Å². The molecule has 0 unspecified atom stereocenters. The Hall–Kier alpha value is -2.69. The van der Waals surface area contributed by atoms with Crippen LogP contribution in [-0.2, 0) is 0 Å². The van der Waals surface area contributed by atoms with Crippen molar-refractivity contribution in [3.8, 4) is 17.1 Å². The van der Waals surface area contributed by atoms with Crippen molar-refractivity contribution in [2.45, 2.75) is 13.3 Å². The molecule has 0 aliphatic heterocycles. The fourth-order valence-corrected chi connectivity index (χ4v) is 2.23. The highest BCUT2D eigenvalue weighted by Gasteiger charge is 2.09. The molecular formula is C17H15FN2O2. The summed E-state index contributed by atoms with van der Waals surface area (Å²) < 4.78 is 19.2. The van der Waals surface area contributed by atoms with Crippen molar-refractivity contribution in [2.24, 2.45) is 0 Å². The molecule has 4 nitrogen and oxygen atoms in total. The number of aromatic amines is 1.